The number of carbonyl (C=O) groups is 1. The van der Waals surface area contributed by atoms with Crippen LogP contribution in [-0.2, 0) is 6.54 Å². The van der Waals surface area contributed by atoms with Crippen LogP contribution in [0, 0.1) is 13.8 Å². The quantitative estimate of drug-likeness (QED) is 0.440. The Morgan fingerprint density at radius 3 is 2.75 bits per heavy atom. The van der Waals surface area contributed by atoms with Crippen molar-refractivity contribution in [3.05, 3.63) is 29.3 Å². The Bertz CT molecular complexity index is 978. The van der Waals surface area contributed by atoms with E-state index in [1.54, 1.807) is 35.6 Å². The van der Waals surface area contributed by atoms with E-state index in [1.165, 1.54) is 0 Å². The van der Waals surface area contributed by atoms with Crippen LogP contribution in [-0.4, -0.2) is 44.0 Å². The third-order valence-corrected chi connectivity index (χ3v) is 4.80. The van der Waals surface area contributed by atoms with Gasteiger partial charge in [-0.2, -0.15) is 5.10 Å². The number of amides is 1. The fourth-order valence-corrected chi connectivity index (χ4v) is 3.47. The molecule has 0 aliphatic rings. The van der Waals surface area contributed by atoms with Gasteiger partial charge >= 0.3 is 0 Å². The normalized spacial score (nSPS) is 11.4. The predicted octanol–water partition coefficient (Wildman–Crippen LogP) is 3.40. The van der Waals surface area contributed by atoms with Crippen molar-refractivity contribution < 1.29 is 9.21 Å². The second kappa shape index (κ2) is 8.64. The molecule has 0 fully saturated rings. The molecule has 0 spiro atoms. The number of anilines is 1. The second-order valence-corrected chi connectivity index (χ2v) is 8.01. The molecule has 0 saturated carbocycles. The Kier molecular flexibility index (Phi) is 6.23. The minimum atomic E-state index is -0.148. The third kappa shape index (κ3) is 4.46. The summed E-state index contributed by atoms with van der Waals surface area (Å²) in [5.41, 5.74) is 1.33. The van der Waals surface area contributed by atoms with Gasteiger partial charge in [0.1, 0.15) is 17.3 Å². The molecule has 0 aliphatic heterocycles. The highest BCUT2D eigenvalue weighted by Crippen LogP contribution is 2.24. The second-order valence-electron chi connectivity index (χ2n) is 6.77. The lowest BCUT2D eigenvalue weighted by Gasteiger charge is -2.11. The minimum absolute atomic E-state index is 0.148. The smallest absolute Gasteiger partial charge is 0.254 e. The molecule has 3 aromatic rings. The van der Waals surface area contributed by atoms with Gasteiger partial charge in [-0.3, -0.25) is 4.79 Å². The van der Waals surface area contributed by atoms with Gasteiger partial charge in [0.2, 0.25) is 0 Å². The van der Waals surface area contributed by atoms with Crippen molar-refractivity contribution in [1.29, 1.82) is 0 Å². The molecule has 0 bridgehead atoms. The lowest BCUT2D eigenvalue weighted by atomic mass is 10.2. The van der Waals surface area contributed by atoms with Gasteiger partial charge in [0.15, 0.2) is 10.8 Å². The molecule has 9 heteroatoms. The van der Waals surface area contributed by atoms with E-state index in [9.17, 15) is 4.79 Å². The molecule has 3 rings (SSSR count). The van der Waals surface area contributed by atoms with Gasteiger partial charge in [-0.15, -0.1) is 0 Å². The van der Waals surface area contributed by atoms with Gasteiger partial charge in [-0.1, -0.05) is 18.7 Å². The Labute approximate surface area is 168 Å². The summed E-state index contributed by atoms with van der Waals surface area (Å²) >= 11 is 1.59. The molecule has 0 unspecified atom stereocenters. The molecule has 150 valence electrons. The van der Waals surface area contributed by atoms with Gasteiger partial charge < -0.3 is 15.1 Å². The van der Waals surface area contributed by atoms with Crippen molar-refractivity contribution in [3.63, 3.8) is 0 Å². The number of carbonyl (C=O) groups excluding carboxylic acids is 1. The highest BCUT2D eigenvalue weighted by molar-refractivity contribution is 7.99. The molecule has 0 saturated heterocycles. The number of nitrogens with one attached hydrogen (secondary N) is 2. The Morgan fingerprint density at radius 2 is 2.11 bits per heavy atom. The number of fused-ring (bicyclic) bond motifs is 1. The van der Waals surface area contributed by atoms with Crippen LogP contribution in [0.5, 0.6) is 0 Å². The van der Waals surface area contributed by atoms with Crippen LogP contribution in [0.4, 0.5) is 5.82 Å². The van der Waals surface area contributed by atoms with Crippen molar-refractivity contribution in [3.8, 4) is 0 Å². The zero-order valence-corrected chi connectivity index (χ0v) is 17.7. The molecule has 0 radical (unpaired) electrons. The Hall–Kier alpha value is -2.55. The SMILES string of the molecule is CCSc1nc(NC(C)C)c2cnn(CCNC(=O)c3cc(C)oc3C)c2n1. The summed E-state index contributed by atoms with van der Waals surface area (Å²) < 4.78 is 7.22. The van der Waals surface area contributed by atoms with Crippen LogP contribution in [0.15, 0.2) is 21.8 Å². The Morgan fingerprint density at radius 1 is 1.32 bits per heavy atom. The number of hydrogen-bond donors (Lipinski definition) is 2. The maximum atomic E-state index is 12.3. The first-order valence-corrected chi connectivity index (χ1v) is 10.4. The van der Waals surface area contributed by atoms with E-state index in [2.05, 4.69) is 46.5 Å². The molecule has 8 nitrogen and oxygen atoms in total. The molecular weight excluding hydrogens is 376 g/mol. The van der Waals surface area contributed by atoms with Crippen LogP contribution in [0.3, 0.4) is 0 Å². The summed E-state index contributed by atoms with van der Waals surface area (Å²) in [6.45, 7) is 10.8. The highest BCUT2D eigenvalue weighted by atomic mass is 32.2. The number of furan rings is 1. The van der Waals surface area contributed by atoms with Gasteiger partial charge in [0.25, 0.3) is 5.91 Å². The van der Waals surface area contributed by atoms with Crippen LogP contribution in [0.1, 0.15) is 42.6 Å². The van der Waals surface area contributed by atoms with E-state index < -0.39 is 0 Å². The summed E-state index contributed by atoms with van der Waals surface area (Å²) in [5.74, 6) is 2.88. The molecule has 3 heterocycles. The number of hydrogen-bond acceptors (Lipinski definition) is 7. The molecular formula is C19H26N6O2S. The van der Waals surface area contributed by atoms with Gasteiger partial charge in [-0.25, -0.2) is 14.6 Å². The summed E-state index contributed by atoms with van der Waals surface area (Å²) in [6, 6.07) is 2.00. The first-order valence-electron chi connectivity index (χ1n) is 9.37. The maximum absolute atomic E-state index is 12.3. The molecule has 2 N–H and O–H groups in total. The van der Waals surface area contributed by atoms with Crippen molar-refractivity contribution >= 4 is 34.5 Å². The van der Waals surface area contributed by atoms with Gasteiger partial charge in [0.05, 0.1) is 23.7 Å². The molecule has 28 heavy (non-hydrogen) atoms. The summed E-state index contributed by atoms with van der Waals surface area (Å²) in [6.07, 6.45) is 1.77. The lowest BCUT2D eigenvalue weighted by molar-refractivity contribution is 0.0950. The fourth-order valence-electron chi connectivity index (χ4n) is 2.90. The largest absolute Gasteiger partial charge is 0.466 e. The number of aryl methyl sites for hydroxylation is 2. The summed E-state index contributed by atoms with van der Waals surface area (Å²) in [7, 11) is 0. The standard InChI is InChI=1S/C19H26N6O2S/c1-6-28-19-23-16(22-11(2)3)15-10-21-25(17(15)24-19)8-7-20-18(26)14-9-12(4)27-13(14)5/h9-11H,6-8H2,1-5H3,(H,20,26)(H,22,23,24). The van der Waals surface area contributed by atoms with E-state index in [4.69, 9.17) is 4.42 Å². The highest BCUT2D eigenvalue weighted by Gasteiger charge is 2.15. The van der Waals surface area contributed by atoms with Crippen molar-refractivity contribution in [2.45, 2.75) is 52.4 Å². The maximum Gasteiger partial charge on any atom is 0.254 e. The van der Waals surface area contributed by atoms with Crippen LogP contribution in [0.25, 0.3) is 11.0 Å². The van der Waals surface area contributed by atoms with E-state index in [0.717, 1.165) is 28.4 Å². The predicted molar refractivity (Wildman–Crippen MR) is 111 cm³/mol. The first kappa shape index (κ1) is 20.2. The van der Waals surface area contributed by atoms with Crippen molar-refractivity contribution in [1.82, 2.24) is 25.1 Å². The summed E-state index contributed by atoms with van der Waals surface area (Å²) in [4.78, 5) is 21.6. The minimum Gasteiger partial charge on any atom is -0.466 e. The number of nitrogens with zero attached hydrogens (tertiary/aromatic N) is 4. The monoisotopic (exact) mass is 402 g/mol. The number of aromatic nitrogens is 4. The first-order chi connectivity index (χ1) is 13.4. The van der Waals surface area contributed by atoms with E-state index >= 15 is 0 Å². The van der Waals surface area contributed by atoms with Crippen LogP contribution >= 0.6 is 11.8 Å². The Balaban J connectivity index is 1.76. The van der Waals surface area contributed by atoms with E-state index in [1.807, 2.05) is 6.92 Å². The van der Waals surface area contributed by atoms with Gasteiger partial charge in [-0.05, 0) is 39.5 Å². The van der Waals surface area contributed by atoms with Crippen LogP contribution in [0.2, 0.25) is 0 Å². The molecule has 0 aromatic carbocycles. The third-order valence-electron chi connectivity index (χ3n) is 4.07. The lowest BCUT2D eigenvalue weighted by Crippen LogP contribution is -2.27. The fraction of sp³-hybridized carbons (Fsp3) is 0.474. The van der Waals surface area contributed by atoms with Crippen molar-refractivity contribution in [2.75, 3.05) is 17.6 Å². The van der Waals surface area contributed by atoms with E-state index in [0.29, 0.717) is 29.6 Å². The average molecular weight is 403 g/mol. The molecule has 1 amide bonds. The molecule has 0 atom stereocenters. The topological polar surface area (TPSA) is 97.9 Å². The van der Waals surface area contributed by atoms with Crippen molar-refractivity contribution in [2.24, 2.45) is 0 Å². The number of rotatable bonds is 8. The van der Waals surface area contributed by atoms with Gasteiger partial charge in [0, 0.05) is 12.6 Å². The van der Waals surface area contributed by atoms with Crippen LogP contribution < -0.4 is 10.6 Å². The molecule has 0 aliphatic carbocycles. The molecule has 3 aromatic heterocycles. The zero-order chi connectivity index (χ0) is 20.3. The van der Waals surface area contributed by atoms with E-state index in [-0.39, 0.29) is 11.9 Å². The zero-order valence-electron chi connectivity index (χ0n) is 16.9. The number of thioether (sulfide) groups is 1. The average Bonchev–Trinajstić information content (AvgIpc) is 3.17. The summed E-state index contributed by atoms with van der Waals surface area (Å²) in [5, 5.41) is 12.3.